The first kappa shape index (κ1) is 77.9. The zero-order chi connectivity index (χ0) is 74.8. The first-order valence-electron chi connectivity index (χ1n) is 36.4. The van der Waals surface area contributed by atoms with Gasteiger partial charge in [-0.25, -0.2) is 26.3 Å². The summed E-state index contributed by atoms with van der Waals surface area (Å²) in [6, 6.07) is 52.3. The summed E-state index contributed by atoms with van der Waals surface area (Å²) >= 11 is 0. The maximum Gasteiger partial charge on any atom is 0.226 e. The number of anilines is 3. The lowest BCUT2D eigenvalue weighted by atomic mass is 9.86. The molecule has 0 saturated carbocycles. The van der Waals surface area contributed by atoms with E-state index in [1.54, 1.807) is 0 Å². The number of benzene rings is 9. The Balaban J connectivity index is 0.000000169. The van der Waals surface area contributed by atoms with E-state index < -0.39 is 34.9 Å². The maximum absolute atomic E-state index is 13.4. The zero-order valence-electron chi connectivity index (χ0n) is 61.5. The molecule has 0 aromatic heterocycles. The molecule has 9 aromatic carbocycles. The number of nitrogens with zero attached hydrogens (tertiary/aromatic N) is 3. The number of halogens is 6. The van der Waals surface area contributed by atoms with Crippen LogP contribution in [0, 0.1) is 73.4 Å². The molecule has 12 rings (SSSR count). The van der Waals surface area contributed by atoms with Crippen LogP contribution in [0.25, 0.3) is 0 Å². The molecule has 3 N–H and O–H groups in total. The van der Waals surface area contributed by atoms with Gasteiger partial charge in [0.05, 0.1) is 0 Å². The second-order valence-electron chi connectivity index (χ2n) is 28.8. The molecule has 3 saturated heterocycles. The second kappa shape index (κ2) is 36.8. The van der Waals surface area contributed by atoms with E-state index in [1.807, 2.05) is 133 Å². The van der Waals surface area contributed by atoms with Gasteiger partial charge >= 0.3 is 0 Å². The Labute approximate surface area is 614 Å². The highest BCUT2D eigenvalue weighted by molar-refractivity contribution is 5.93. The summed E-state index contributed by atoms with van der Waals surface area (Å²) in [4.78, 5) is 43.6. The summed E-state index contributed by atoms with van der Waals surface area (Å²) < 4.78 is 96.3. The van der Waals surface area contributed by atoms with E-state index in [1.165, 1.54) is 68.3 Å². The lowest BCUT2D eigenvalue weighted by Crippen LogP contribution is -2.32. The zero-order valence-corrected chi connectivity index (χ0v) is 61.5. The van der Waals surface area contributed by atoms with Gasteiger partial charge in [-0.3, -0.25) is 29.1 Å². The highest BCUT2D eigenvalue weighted by Crippen LogP contribution is 2.37. The first-order chi connectivity index (χ1) is 50.3. The Bertz CT molecular complexity index is 3950. The maximum atomic E-state index is 13.4. The van der Waals surface area contributed by atoms with Crippen LogP contribution in [0.2, 0.25) is 0 Å². The van der Waals surface area contributed by atoms with Gasteiger partial charge in [-0.05, 0) is 276 Å². The predicted molar refractivity (Wildman–Crippen MR) is 404 cm³/mol. The fourth-order valence-electron chi connectivity index (χ4n) is 13.3. The molecule has 0 unspecified atom stereocenters. The lowest BCUT2D eigenvalue weighted by Gasteiger charge is -2.33. The van der Waals surface area contributed by atoms with Crippen LogP contribution in [0.4, 0.5) is 43.4 Å². The molecule has 12 nitrogen and oxygen atoms in total. The number of likely N-dealkylation sites (tertiary alicyclic amines) is 3. The summed E-state index contributed by atoms with van der Waals surface area (Å²) in [5, 5.41) is 9.06. The molecule has 3 heterocycles. The molecule has 3 aliphatic heterocycles. The van der Waals surface area contributed by atoms with Crippen LogP contribution in [-0.4, -0.2) is 71.7 Å². The largest absolute Gasteiger partial charge is 0.457 e. The van der Waals surface area contributed by atoms with Crippen molar-refractivity contribution in [1.29, 1.82) is 0 Å². The number of ether oxygens (including phenoxy) is 3. The van der Waals surface area contributed by atoms with Gasteiger partial charge in [0, 0.05) is 72.6 Å². The third-order valence-corrected chi connectivity index (χ3v) is 19.7. The molecule has 9 aromatic rings. The fourth-order valence-corrected chi connectivity index (χ4v) is 13.3. The molecule has 0 radical (unpaired) electrons. The van der Waals surface area contributed by atoms with Crippen molar-refractivity contribution in [3.05, 3.63) is 267 Å². The molecule has 0 spiro atoms. The van der Waals surface area contributed by atoms with E-state index in [0.29, 0.717) is 35.0 Å². The third kappa shape index (κ3) is 22.6. The Morgan fingerprint density at radius 3 is 0.771 bits per heavy atom. The molecule has 3 fully saturated rings. The van der Waals surface area contributed by atoms with Gasteiger partial charge < -0.3 is 30.2 Å². The van der Waals surface area contributed by atoms with Crippen LogP contribution < -0.4 is 30.2 Å². The standard InChI is InChI=1S/3C29H32F2N2O2/c3*1-19(2)29(34)32-23-7-4-20(3)26(16-23)22-12-14-33(15-13-22)18-21-5-8-24(9-6-21)35-25-10-11-27(30)28(31)17-25/h3*4-11,16-17,19,22H,12-15,18H2,1-3H3,(H,32,34). The first-order valence-corrected chi connectivity index (χ1v) is 36.4. The van der Waals surface area contributed by atoms with E-state index >= 15 is 0 Å². The highest BCUT2D eigenvalue weighted by atomic mass is 19.2. The minimum Gasteiger partial charge on any atom is -0.457 e. The van der Waals surface area contributed by atoms with Gasteiger partial charge in [-0.15, -0.1) is 0 Å². The summed E-state index contributed by atoms with van der Waals surface area (Å²) in [6.07, 6.45) is 6.42. The van der Waals surface area contributed by atoms with E-state index in [9.17, 15) is 40.7 Å². The van der Waals surface area contributed by atoms with Crippen molar-refractivity contribution in [3.8, 4) is 34.5 Å². The minimum atomic E-state index is -0.926. The fraction of sp³-hybridized carbons (Fsp3) is 0.345. The molecule has 3 aliphatic rings. The van der Waals surface area contributed by atoms with Crippen LogP contribution in [-0.2, 0) is 34.0 Å². The normalized spacial score (nSPS) is 14.8. The van der Waals surface area contributed by atoms with Crippen LogP contribution in [0.5, 0.6) is 34.5 Å². The van der Waals surface area contributed by atoms with Gasteiger partial charge in [0.1, 0.15) is 34.5 Å². The molecule has 18 heteroatoms. The number of rotatable bonds is 21. The topological polar surface area (TPSA) is 125 Å². The summed E-state index contributed by atoms with van der Waals surface area (Å²) in [5.74, 6) is -1.50. The van der Waals surface area contributed by atoms with Gasteiger partial charge in [-0.2, -0.15) is 0 Å². The molecule has 552 valence electrons. The number of carbonyl (C=O) groups is 3. The summed E-state index contributed by atoms with van der Waals surface area (Å²) in [6.45, 7) is 26.3. The quantitative estimate of drug-likeness (QED) is 0.0603. The van der Waals surface area contributed by atoms with Gasteiger partial charge in [-0.1, -0.05) is 96.1 Å². The molecule has 0 aliphatic carbocycles. The number of amides is 3. The van der Waals surface area contributed by atoms with Gasteiger partial charge in [0.2, 0.25) is 17.7 Å². The van der Waals surface area contributed by atoms with Crippen LogP contribution in [0.15, 0.2) is 182 Å². The predicted octanol–water partition coefficient (Wildman–Crippen LogP) is 21.1. The van der Waals surface area contributed by atoms with Crippen molar-refractivity contribution in [2.75, 3.05) is 55.2 Å². The highest BCUT2D eigenvalue weighted by Gasteiger charge is 2.27. The Morgan fingerprint density at radius 2 is 0.552 bits per heavy atom. The van der Waals surface area contributed by atoms with Crippen LogP contribution in [0.1, 0.15) is 148 Å². The summed E-state index contributed by atoms with van der Waals surface area (Å²) in [7, 11) is 0. The average Bonchev–Trinajstić information content (AvgIpc) is 0.840. The van der Waals surface area contributed by atoms with Gasteiger partial charge in [0.25, 0.3) is 0 Å². The third-order valence-electron chi connectivity index (χ3n) is 19.7. The number of piperidine rings is 3. The second-order valence-corrected chi connectivity index (χ2v) is 28.8. The monoisotopic (exact) mass is 1430 g/mol. The molecular weight excluding hydrogens is 1340 g/mol. The lowest BCUT2D eigenvalue weighted by molar-refractivity contribution is -0.119. The van der Waals surface area contributed by atoms with E-state index in [-0.39, 0.29) is 52.7 Å². The van der Waals surface area contributed by atoms with E-state index in [0.717, 1.165) is 151 Å². The van der Waals surface area contributed by atoms with Gasteiger partial charge in [0.15, 0.2) is 34.9 Å². The summed E-state index contributed by atoms with van der Waals surface area (Å²) in [5.41, 5.74) is 13.9. The molecular formula is C87H96F6N6O6. The molecule has 105 heavy (non-hydrogen) atoms. The number of hydrogen-bond acceptors (Lipinski definition) is 9. The van der Waals surface area contributed by atoms with Crippen LogP contribution >= 0.6 is 0 Å². The molecule has 0 atom stereocenters. The van der Waals surface area contributed by atoms with Crippen LogP contribution in [0.3, 0.4) is 0 Å². The number of nitrogens with one attached hydrogen (secondary N) is 3. The SMILES string of the molecule is Cc1ccc(NC(=O)C(C)C)cc1C1CCN(Cc2ccc(Oc3ccc(F)c(F)c3)cc2)CC1.Cc1ccc(NC(=O)C(C)C)cc1C1CCN(Cc2ccc(Oc3ccc(F)c(F)c3)cc2)CC1.Cc1ccc(NC(=O)C(C)C)cc1C1CCN(Cc2ccc(Oc3ccc(F)c(F)c3)cc2)CC1. The van der Waals surface area contributed by atoms with Crippen molar-refractivity contribution in [2.24, 2.45) is 17.8 Å². The Morgan fingerprint density at radius 1 is 0.324 bits per heavy atom. The van der Waals surface area contributed by atoms with E-state index in [4.69, 9.17) is 14.2 Å². The van der Waals surface area contributed by atoms with E-state index in [2.05, 4.69) is 87.8 Å². The molecule has 3 amide bonds. The average molecular weight is 1440 g/mol. The molecule has 0 bridgehead atoms. The Kier molecular flexibility index (Phi) is 27.3. The number of hydrogen-bond donors (Lipinski definition) is 3. The van der Waals surface area contributed by atoms with Crippen molar-refractivity contribution in [3.63, 3.8) is 0 Å². The van der Waals surface area contributed by atoms with Crippen molar-refractivity contribution >= 4 is 34.8 Å². The number of aryl methyl sites for hydroxylation is 3. The Hall–Kier alpha value is -9.75. The van der Waals surface area contributed by atoms with Crippen molar-refractivity contribution in [2.45, 2.75) is 138 Å². The minimum absolute atomic E-state index is 0.0378. The number of carbonyl (C=O) groups excluding carboxylic acids is 3. The smallest absolute Gasteiger partial charge is 0.226 e. The van der Waals surface area contributed by atoms with Crippen molar-refractivity contribution < 1.29 is 54.9 Å². The van der Waals surface area contributed by atoms with Crippen molar-refractivity contribution in [1.82, 2.24) is 14.7 Å².